The molecular formula is C18H27O3P. The quantitative estimate of drug-likeness (QED) is 0.865. The van der Waals surface area contributed by atoms with E-state index in [-0.39, 0.29) is 5.16 Å². The summed E-state index contributed by atoms with van der Waals surface area (Å²) in [6.45, 7) is -0.682. The van der Waals surface area contributed by atoms with Crippen molar-refractivity contribution in [2.24, 2.45) is 5.92 Å². The Labute approximate surface area is 133 Å². The van der Waals surface area contributed by atoms with Crippen LogP contribution in [0, 0.1) is 5.92 Å². The molecule has 0 amide bonds. The minimum atomic E-state index is -2.89. The first-order valence-corrected chi connectivity index (χ1v) is 11.2. The zero-order valence-corrected chi connectivity index (χ0v) is 14.7. The first kappa shape index (κ1) is 14.8. The summed E-state index contributed by atoms with van der Waals surface area (Å²) in [5.41, 5.74) is 0.506. The van der Waals surface area contributed by atoms with Gasteiger partial charge in [0, 0.05) is 0 Å². The number of hydrogen-bond donors (Lipinski definition) is 1. The van der Waals surface area contributed by atoms with Crippen molar-refractivity contribution in [3.05, 3.63) is 18.2 Å². The van der Waals surface area contributed by atoms with E-state index in [9.17, 15) is 4.89 Å². The monoisotopic (exact) mass is 322 g/mol. The first-order chi connectivity index (χ1) is 10.5. The van der Waals surface area contributed by atoms with E-state index in [1.54, 1.807) is 14.2 Å². The van der Waals surface area contributed by atoms with Crippen LogP contribution in [-0.4, -0.2) is 36.6 Å². The van der Waals surface area contributed by atoms with Gasteiger partial charge in [-0.05, 0) is 0 Å². The van der Waals surface area contributed by atoms with Crippen LogP contribution in [0.4, 0.5) is 0 Å². The van der Waals surface area contributed by atoms with Crippen LogP contribution in [0.15, 0.2) is 18.2 Å². The molecule has 1 heterocycles. The zero-order chi connectivity index (χ0) is 15.6. The minimum absolute atomic E-state index is 0.200. The van der Waals surface area contributed by atoms with E-state index in [2.05, 4.69) is 12.7 Å². The molecule has 3 fully saturated rings. The predicted molar refractivity (Wildman–Crippen MR) is 92.0 cm³/mol. The fourth-order valence-electron chi connectivity index (χ4n) is 6.26. The molecule has 0 aromatic heterocycles. The Morgan fingerprint density at radius 3 is 2.68 bits per heavy atom. The molecule has 2 aliphatic carbocycles. The average Bonchev–Trinajstić information content (AvgIpc) is 2.85. The van der Waals surface area contributed by atoms with E-state index in [4.69, 9.17) is 9.47 Å². The topological polar surface area (TPSA) is 38.7 Å². The SMILES string of the molecule is COc1ccc(P2(C)(O)C3CCC4CCCCC432)c(OC)c1. The summed E-state index contributed by atoms with van der Waals surface area (Å²) in [7, 11) is 3.37. The molecule has 1 aromatic rings. The van der Waals surface area contributed by atoms with E-state index >= 15 is 0 Å². The Morgan fingerprint density at radius 1 is 1.14 bits per heavy atom. The second-order valence-corrected chi connectivity index (χ2v) is 12.8. The van der Waals surface area contributed by atoms with Crippen molar-refractivity contribution < 1.29 is 14.4 Å². The zero-order valence-electron chi connectivity index (χ0n) is 13.8. The molecule has 0 bridgehead atoms. The van der Waals surface area contributed by atoms with Gasteiger partial charge < -0.3 is 0 Å². The van der Waals surface area contributed by atoms with Crippen LogP contribution < -0.4 is 14.8 Å². The Hall–Kier alpha value is -0.790. The summed E-state index contributed by atoms with van der Waals surface area (Å²) < 4.78 is 11.0. The van der Waals surface area contributed by atoms with Crippen LogP contribution >= 0.6 is 6.83 Å². The van der Waals surface area contributed by atoms with Gasteiger partial charge in [0.2, 0.25) is 0 Å². The molecule has 2 saturated carbocycles. The van der Waals surface area contributed by atoms with Crippen molar-refractivity contribution in [2.45, 2.75) is 49.3 Å². The molecule has 0 radical (unpaired) electrons. The summed E-state index contributed by atoms with van der Waals surface area (Å²) >= 11 is 0. The maximum absolute atomic E-state index is 12.1. The molecule has 22 heavy (non-hydrogen) atoms. The molecule has 4 heteroatoms. The summed E-state index contributed by atoms with van der Waals surface area (Å²) in [4.78, 5) is 12.1. The molecule has 1 aliphatic heterocycles. The molecule has 3 aliphatic rings. The fraction of sp³-hybridized carbons (Fsp3) is 0.667. The third-order valence-corrected chi connectivity index (χ3v) is 13.7. The molecule has 3 unspecified atom stereocenters. The van der Waals surface area contributed by atoms with Crippen molar-refractivity contribution in [1.82, 2.24) is 0 Å². The number of benzene rings is 1. The van der Waals surface area contributed by atoms with Gasteiger partial charge in [0.05, 0.1) is 0 Å². The van der Waals surface area contributed by atoms with Gasteiger partial charge in [0.1, 0.15) is 0 Å². The molecule has 1 saturated heterocycles. The Bertz CT molecular complexity index is 627. The Kier molecular flexibility index (Phi) is 2.95. The van der Waals surface area contributed by atoms with Gasteiger partial charge in [0.15, 0.2) is 0 Å². The van der Waals surface area contributed by atoms with Gasteiger partial charge in [-0.25, -0.2) is 0 Å². The first-order valence-electron chi connectivity index (χ1n) is 8.47. The van der Waals surface area contributed by atoms with Gasteiger partial charge >= 0.3 is 132 Å². The van der Waals surface area contributed by atoms with Crippen molar-refractivity contribution >= 4 is 12.1 Å². The van der Waals surface area contributed by atoms with Crippen LogP contribution in [0.25, 0.3) is 0 Å². The number of hydrogen-bond acceptors (Lipinski definition) is 3. The second-order valence-electron chi connectivity index (χ2n) is 7.66. The van der Waals surface area contributed by atoms with E-state index in [0.29, 0.717) is 5.66 Å². The van der Waals surface area contributed by atoms with Gasteiger partial charge in [-0.2, -0.15) is 0 Å². The number of ether oxygens (including phenoxy) is 2. The number of rotatable bonds is 3. The van der Waals surface area contributed by atoms with E-state index < -0.39 is 6.83 Å². The van der Waals surface area contributed by atoms with Crippen molar-refractivity contribution in [3.8, 4) is 11.5 Å². The summed E-state index contributed by atoms with van der Waals surface area (Å²) in [6.07, 6.45) is 7.65. The van der Waals surface area contributed by atoms with Crippen LogP contribution in [0.1, 0.15) is 38.5 Å². The van der Waals surface area contributed by atoms with Crippen LogP contribution in [-0.2, 0) is 0 Å². The molecule has 122 valence electrons. The van der Waals surface area contributed by atoms with Crippen LogP contribution in [0.2, 0.25) is 0 Å². The maximum atomic E-state index is 12.1. The number of methoxy groups -OCH3 is 2. The molecule has 3 nitrogen and oxygen atoms in total. The molecule has 1 N–H and O–H groups in total. The van der Waals surface area contributed by atoms with Crippen molar-refractivity contribution in [2.75, 3.05) is 20.9 Å². The van der Waals surface area contributed by atoms with E-state index in [0.717, 1.165) is 22.7 Å². The third kappa shape index (κ3) is 1.41. The molecule has 1 aromatic carbocycles. The Balaban J connectivity index is 1.86. The molecule has 4 rings (SSSR count). The van der Waals surface area contributed by atoms with Gasteiger partial charge in [-0.1, -0.05) is 0 Å². The van der Waals surface area contributed by atoms with E-state index in [1.807, 2.05) is 12.1 Å². The van der Waals surface area contributed by atoms with Gasteiger partial charge in [-0.15, -0.1) is 0 Å². The average molecular weight is 322 g/mol. The summed E-state index contributed by atoms with van der Waals surface area (Å²) in [5, 5.41) is 1.29. The molecular weight excluding hydrogens is 295 g/mol. The van der Waals surface area contributed by atoms with Gasteiger partial charge in [0.25, 0.3) is 0 Å². The second kappa shape index (κ2) is 4.39. The summed E-state index contributed by atoms with van der Waals surface area (Å²) in [6, 6.07) is 5.99. The third-order valence-electron chi connectivity index (χ3n) is 7.19. The van der Waals surface area contributed by atoms with Crippen molar-refractivity contribution in [1.29, 1.82) is 0 Å². The predicted octanol–water partition coefficient (Wildman–Crippen LogP) is 3.52. The standard InChI is InChI=1S/C18H27O3P/c1-20-14-8-9-16(15(12-14)21-2)22(3,19)17-10-7-13-6-4-5-11-18(13,17)22/h8-9,12-13,17,19H,4-7,10-11H2,1-3H3. The summed E-state index contributed by atoms with van der Waals surface area (Å²) in [5.74, 6) is 2.34. The fourth-order valence-corrected chi connectivity index (χ4v) is 13.8. The molecule has 3 atom stereocenters. The Morgan fingerprint density at radius 2 is 1.95 bits per heavy atom. The van der Waals surface area contributed by atoms with Crippen LogP contribution in [0.5, 0.6) is 11.5 Å². The van der Waals surface area contributed by atoms with Crippen LogP contribution in [0.3, 0.4) is 0 Å². The van der Waals surface area contributed by atoms with Gasteiger partial charge in [-0.3, -0.25) is 0 Å². The van der Waals surface area contributed by atoms with E-state index in [1.165, 1.54) is 38.5 Å². The molecule has 1 spiro atoms. The normalized spacial score (nSPS) is 39.0. The van der Waals surface area contributed by atoms with Crippen molar-refractivity contribution in [3.63, 3.8) is 0 Å².